The number of benzene rings is 2. The molecule has 12 nitrogen and oxygen atoms in total. The van der Waals surface area contributed by atoms with Crippen LogP contribution in [0.25, 0.3) is 0 Å². The number of amides is 1. The maximum absolute atomic E-state index is 12.3. The van der Waals surface area contributed by atoms with Crippen LogP contribution in [0, 0.1) is 34.1 Å². The van der Waals surface area contributed by atoms with Gasteiger partial charge in [0, 0.05) is 23.4 Å². The number of hydrogen-bond donors (Lipinski definition) is 3. The lowest BCUT2D eigenvalue weighted by Crippen LogP contribution is -2.30. The first kappa shape index (κ1) is 21.1. The first-order valence-electron chi connectivity index (χ1n) is 8.90. The lowest BCUT2D eigenvalue weighted by atomic mass is 10.1. The molecule has 0 saturated heterocycles. The van der Waals surface area contributed by atoms with Crippen molar-refractivity contribution in [1.29, 1.82) is 0 Å². The Labute approximate surface area is 175 Å². The third-order valence-electron chi connectivity index (χ3n) is 4.12. The van der Waals surface area contributed by atoms with Crippen molar-refractivity contribution in [2.45, 2.75) is 13.8 Å². The minimum atomic E-state index is -0.675. The zero-order valence-corrected chi connectivity index (χ0v) is 16.4. The van der Waals surface area contributed by atoms with Crippen molar-refractivity contribution >= 4 is 34.6 Å². The molecule has 0 fully saturated rings. The number of nitrogens with zero attached hydrogens (tertiary/aromatic N) is 4. The zero-order valence-electron chi connectivity index (χ0n) is 16.4. The molecule has 1 heterocycles. The van der Waals surface area contributed by atoms with E-state index >= 15 is 0 Å². The molecule has 12 heteroatoms. The number of rotatable bonds is 7. The summed E-state index contributed by atoms with van der Waals surface area (Å²) in [6.45, 7) is 3.79. The van der Waals surface area contributed by atoms with E-state index in [9.17, 15) is 25.0 Å². The summed E-state index contributed by atoms with van der Waals surface area (Å²) in [4.78, 5) is 41.1. The molecule has 31 heavy (non-hydrogen) atoms. The maximum atomic E-state index is 12.3. The normalized spacial score (nSPS) is 10.3. The van der Waals surface area contributed by atoms with Gasteiger partial charge in [0.05, 0.1) is 9.85 Å². The van der Waals surface area contributed by atoms with Crippen molar-refractivity contribution < 1.29 is 14.6 Å². The number of carbonyl (C=O) groups is 1. The number of nitro groups is 2. The molecule has 0 atom stereocenters. The van der Waals surface area contributed by atoms with E-state index in [2.05, 4.69) is 26.1 Å². The van der Waals surface area contributed by atoms with Crippen molar-refractivity contribution in [2.75, 3.05) is 10.7 Å². The lowest BCUT2D eigenvalue weighted by molar-refractivity contribution is -0.384. The second-order valence-corrected chi connectivity index (χ2v) is 6.56. The van der Waals surface area contributed by atoms with E-state index in [1.165, 1.54) is 24.3 Å². The Kier molecular flexibility index (Phi) is 6.00. The summed E-state index contributed by atoms with van der Waals surface area (Å²) in [7, 11) is 0. The molecule has 0 radical (unpaired) electrons. The van der Waals surface area contributed by atoms with E-state index in [0.29, 0.717) is 5.69 Å². The van der Waals surface area contributed by atoms with E-state index in [4.69, 9.17) is 0 Å². The van der Waals surface area contributed by atoms with Gasteiger partial charge >= 0.3 is 5.69 Å². The number of nitro benzene ring substituents is 1. The van der Waals surface area contributed by atoms with Crippen molar-refractivity contribution in [3.63, 3.8) is 0 Å². The van der Waals surface area contributed by atoms with Crippen molar-refractivity contribution in [1.82, 2.24) is 15.4 Å². The quantitative estimate of drug-likeness (QED) is 0.381. The van der Waals surface area contributed by atoms with Crippen LogP contribution < -0.4 is 16.2 Å². The maximum Gasteiger partial charge on any atom is 0.355 e. The fraction of sp³-hybridized carbons (Fsp3) is 0.105. The second-order valence-electron chi connectivity index (χ2n) is 6.56. The van der Waals surface area contributed by atoms with Gasteiger partial charge in [-0.15, -0.1) is 0 Å². The number of carbonyl (C=O) groups excluding carboxylic acids is 1. The number of anilines is 3. The largest absolute Gasteiger partial charge is 0.355 e. The van der Waals surface area contributed by atoms with E-state index < -0.39 is 21.4 Å². The highest BCUT2D eigenvalue weighted by Crippen LogP contribution is 2.31. The van der Waals surface area contributed by atoms with Gasteiger partial charge in [0.2, 0.25) is 11.6 Å². The average Bonchev–Trinajstić information content (AvgIpc) is 2.71. The number of hydrogen-bond acceptors (Lipinski definition) is 9. The Hall–Kier alpha value is -4.61. The molecule has 3 aromatic rings. The van der Waals surface area contributed by atoms with E-state index in [0.717, 1.165) is 17.5 Å². The molecule has 0 spiro atoms. The standard InChI is InChI=1S/C19H17N7O5/c1-11-7-12(2)9-14(8-11)22-17-16(26(30)31)18(21-10-20-17)23-24-19(27)13-3-5-15(6-4-13)25(28)29/h3-10H,1-2H3,(H,24,27)(H2,20,21,22,23). The van der Waals surface area contributed by atoms with Gasteiger partial charge in [-0.25, -0.2) is 9.97 Å². The predicted molar refractivity (Wildman–Crippen MR) is 112 cm³/mol. The van der Waals surface area contributed by atoms with E-state index in [1.807, 2.05) is 32.0 Å². The van der Waals surface area contributed by atoms with E-state index in [-0.39, 0.29) is 22.9 Å². The van der Waals surface area contributed by atoms with Crippen molar-refractivity contribution in [3.8, 4) is 0 Å². The number of aromatic nitrogens is 2. The Bertz CT molecular complexity index is 1140. The van der Waals surface area contributed by atoms with Crippen LogP contribution in [0.4, 0.5) is 28.7 Å². The van der Waals surface area contributed by atoms with Gasteiger partial charge in [-0.2, -0.15) is 0 Å². The first-order chi connectivity index (χ1) is 14.7. The average molecular weight is 423 g/mol. The van der Waals surface area contributed by atoms with Gasteiger partial charge in [0.15, 0.2) is 0 Å². The monoisotopic (exact) mass is 423 g/mol. The van der Waals surface area contributed by atoms with Gasteiger partial charge in [0.25, 0.3) is 11.6 Å². The number of nitrogens with one attached hydrogen (secondary N) is 3. The predicted octanol–water partition coefficient (Wildman–Crippen LogP) is 3.41. The fourth-order valence-electron chi connectivity index (χ4n) is 2.84. The van der Waals surface area contributed by atoms with Gasteiger partial charge in [0.1, 0.15) is 6.33 Å². The lowest BCUT2D eigenvalue weighted by Gasteiger charge is -2.11. The molecule has 1 aromatic heterocycles. The minimum Gasteiger partial charge on any atom is -0.334 e. The Morgan fingerprint density at radius 3 is 2.10 bits per heavy atom. The third kappa shape index (κ3) is 5.06. The number of non-ortho nitro benzene ring substituents is 1. The van der Waals surface area contributed by atoms with Crippen LogP contribution in [0.3, 0.4) is 0 Å². The molecule has 3 rings (SSSR count). The molecule has 158 valence electrons. The van der Waals surface area contributed by atoms with Crippen LogP contribution in [0.5, 0.6) is 0 Å². The Morgan fingerprint density at radius 2 is 1.52 bits per heavy atom. The SMILES string of the molecule is Cc1cc(C)cc(Nc2ncnc(NNC(=O)c3ccc([N+](=O)[O-])cc3)c2[N+](=O)[O-])c1. The van der Waals surface area contributed by atoms with E-state index in [1.54, 1.807) is 0 Å². The smallest absolute Gasteiger partial charge is 0.334 e. The van der Waals surface area contributed by atoms with Crippen molar-refractivity contribution in [2.24, 2.45) is 0 Å². The highest BCUT2D eigenvalue weighted by Gasteiger charge is 2.24. The van der Waals surface area contributed by atoms with Crippen LogP contribution in [0.15, 0.2) is 48.8 Å². The minimum absolute atomic E-state index is 0.0583. The summed E-state index contributed by atoms with van der Waals surface area (Å²) < 4.78 is 0. The van der Waals surface area contributed by atoms with Crippen LogP contribution in [0.1, 0.15) is 21.5 Å². The molecular formula is C19H17N7O5. The molecule has 0 bridgehead atoms. The summed E-state index contributed by atoms with van der Waals surface area (Å²) in [6, 6.07) is 10.4. The molecular weight excluding hydrogens is 406 g/mol. The summed E-state index contributed by atoms with van der Waals surface area (Å²) in [5, 5.41) is 25.3. The van der Waals surface area contributed by atoms with Crippen LogP contribution in [-0.2, 0) is 0 Å². The molecule has 3 N–H and O–H groups in total. The Balaban J connectivity index is 1.81. The molecule has 1 amide bonds. The molecule has 2 aromatic carbocycles. The highest BCUT2D eigenvalue weighted by molar-refractivity contribution is 5.95. The molecule has 0 aliphatic carbocycles. The summed E-state index contributed by atoms with van der Waals surface area (Å²) >= 11 is 0. The van der Waals surface area contributed by atoms with Crippen LogP contribution >= 0.6 is 0 Å². The fourth-order valence-corrected chi connectivity index (χ4v) is 2.84. The first-order valence-corrected chi connectivity index (χ1v) is 8.90. The molecule has 0 aliphatic rings. The van der Waals surface area contributed by atoms with Gasteiger partial charge in [-0.1, -0.05) is 6.07 Å². The summed E-state index contributed by atoms with van der Waals surface area (Å²) in [5.41, 5.74) is 6.72. The van der Waals surface area contributed by atoms with Crippen LogP contribution in [0.2, 0.25) is 0 Å². The van der Waals surface area contributed by atoms with Gasteiger partial charge in [-0.3, -0.25) is 35.9 Å². The number of hydrazine groups is 1. The Morgan fingerprint density at radius 1 is 0.903 bits per heavy atom. The highest BCUT2D eigenvalue weighted by atomic mass is 16.6. The summed E-state index contributed by atoms with van der Waals surface area (Å²) in [6.07, 6.45) is 1.11. The van der Waals surface area contributed by atoms with Crippen LogP contribution in [-0.4, -0.2) is 25.7 Å². The van der Waals surface area contributed by atoms with Gasteiger partial charge in [-0.05, 0) is 49.2 Å². The van der Waals surface area contributed by atoms with Gasteiger partial charge < -0.3 is 5.32 Å². The molecule has 0 aliphatic heterocycles. The molecule has 0 unspecified atom stereocenters. The second kappa shape index (κ2) is 8.82. The third-order valence-corrected chi connectivity index (χ3v) is 4.12. The molecule has 0 saturated carbocycles. The van der Waals surface area contributed by atoms with Crippen molar-refractivity contribution in [3.05, 3.63) is 85.7 Å². The zero-order chi connectivity index (χ0) is 22.5. The summed E-state index contributed by atoms with van der Waals surface area (Å²) in [5.74, 6) is -0.953. The number of aryl methyl sites for hydroxylation is 2. The topological polar surface area (TPSA) is 165 Å².